The van der Waals surface area contributed by atoms with Gasteiger partial charge in [-0.1, -0.05) is 65.3 Å². The standard InChI is InChI=1S/C36H53N3O6/c1-31(2)15-17-36(29(42)44-8)18-16-34(6)21(22(36)20-31)9-10-25-33(5)13-12-26(32(3,4)24(33)11-14-35(25,34)7)39-45-27(40)19-23-28(41)38-30(43)37-23/h9,22-25H,10-20H2,1-8H3,(H2,37,38,41,43)/b39-26-/t22-,23+,24+,25+,33+,34-,35-,36+/m1/s1. The number of methoxy groups -OCH3 is 1. The maximum Gasteiger partial charge on any atom is 0.337 e. The second-order valence-electron chi connectivity index (χ2n) is 17.3. The van der Waals surface area contributed by atoms with E-state index in [1.807, 2.05) is 0 Å². The van der Waals surface area contributed by atoms with Crippen LogP contribution >= 0.6 is 0 Å². The van der Waals surface area contributed by atoms with Gasteiger partial charge in [-0.2, -0.15) is 0 Å². The van der Waals surface area contributed by atoms with E-state index in [0.717, 1.165) is 69.9 Å². The summed E-state index contributed by atoms with van der Waals surface area (Å²) in [5.74, 6) is -0.0635. The Morgan fingerprint density at radius 2 is 1.67 bits per heavy atom. The van der Waals surface area contributed by atoms with E-state index in [1.165, 1.54) is 5.57 Å². The van der Waals surface area contributed by atoms with Gasteiger partial charge in [-0.25, -0.2) is 9.59 Å². The number of allylic oxidation sites excluding steroid dienone is 2. The normalized spacial score (nSPS) is 43.8. The van der Waals surface area contributed by atoms with Crippen LogP contribution < -0.4 is 10.6 Å². The second-order valence-corrected chi connectivity index (χ2v) is 17.3. The zero-order valence-electron chi connectivity index (χ0n) is 28.6. The van der Waals surface area contributed by atoms with E-state index in [9.17, 15) is 19.2 Å². The topological polar surface area (TPSA) is 123 Å². The van der Waals surface area contributed by atoms with Crippen molar-refractivity contribution in [3.63, 3.8) is 0 Å². The van der Waals surface area contributed by atoms with Crippen LogP contribution in [0.25, 0.3) is 0 Å². The maximum absolute atomic E-state index is 13.5. The second kappa shape index (κ2) is 10.4. The van der Waals surface area contributed by atoms with Crippen molar-refractivity contribution in [2.45, 2.75) is 125 Å². The molecule has 6 aliphatic rings. The lowest BCUT2D eigenvalue weighted by atomic mass is 9.33. The van der Waals surface area contributed by atoms with Crippen LogP contribution in [0.2, 0.25) is 0 Å². The number of ether oxygens (including phenoxy) is 1. The predicted molar refractivity (Wildman–Crippen MR) is 170 cm³/mol. The summed E-state index contributed by atoms with van der Waals surface area (Å²) in [6.45, 7) is 16.8. The molecule has 5 aliphatic carbocycles. The van der Waals surface area contributed by atoms with E-state index < -0.39 is 29.4 Å². The minimum Gasteiger partial charge on any atom is -0.469 e. The number of imide groups is 1. The highest BCUT2D eigenvalue weighted by atomic mass is 16.7. The number of carbonyl (C=O) groups is 4. The lowest BCUT2D eigenvalue weighted by Crippen LogP contribution is -2.64. The fourth-order valence-electron chi connectivity index (χ4n) is 11.7. The molecule has 3 amide bonds. The first kappa shape index (κ1) is 32.2. The Labute approximate surface area is 268 Å². The number of nitrogens with zero attached hydrogens (tertiary/aromatic N) is 1. The highest BCUT2D eigenvalue weighted by Crippen LogP contribution is 2.75. The van der Waals surface area contributed by atoms with Gasteiger partial charge in [0.05, 0.1) is 24.7 Å². The van der Waals surface area contributed by atoms with Gasteiger partial charge in [-0.05, 0) is 104 Å². The first-order valence-corrected chi connectivity index (χ1v) is 17.1. The van der Waals surface area contributed by atoms with Gasteiger partial charge in [0.2, 0.25) is 0 Å². The Hall–Kier alpha value is -2.71. The van der Waals surface area contributed by atoms with Crippen LogP contribution in [-0.4, -0.2) is 42.7 Å². The molecule has 9 nitrogen and oxygen atoms in total. The molecule has 8 atom stereocenters. The summed E-state index contributed by atoms with van der Waals surface area (Å²) >= 11 is 0. The van der Waals surface area contributed by atoms with E-state index in [4.69, 9.17) is 9.57 Å². The van der Waals surface area contributed by atoms with Gasteiger partial charge in [-0.3, -0.25) is 14.9 Å². The zero-order valence-corrected chi connectivity index (χ0v) is 28.6. The number of hydrogen-bond donors (Lipinski definition) is 2. The summed E-state index contributed by atoms with van der Waals surface area (Å²) < 4.78 is 5.52. The highest BCUT2D eigenvalue weighted by molar-refractivity contribution is 6.05. The Morgan fingerprint density at radius 1 is 0.956 bits per heavy atom. The number of rotatable bonds is 4. The largest absolute Gasteiger partial charge is 0.469 e. The van der Waals surface area contributed by atoms with Gasteiger partial charge in [0, 0.05) is 5.41 Å². The van der Waals surface area contributed by atoms with Crippen molar-refractivity contribution in [2.24, 2.45) is 55.4 Å². The number of nitrogens with one attached hydrogen (secondary N) is 2. The number of fused-ring (bicyclic) bond motifs is 7. The van der Waals surface area contributed by atoms with Crippen LogP contribution in [0.15, 0.2) is 16.8 Å². The minimum atomic E-state index is -0.924. The molecular weight excluding hydrogens is 570 g/mol. The Bertz CT molecular complexity index is 1380. The molecule has 5 fully saturated rings. The summed E-state index contributed by atoms with van der Waals surface area (Å²) in [7, 11) is 1.56. The molecule has 6 rings (SSSR count). The molecule has 0 unspecified atom stereocenters. The predicted octanol–water partition coefficient (Wildman–Crippen LogP) is 6.46. The van der Waals surface area contributed by atoms with Gasteiger partial charge >= 0.3 is 18.0 Å². The molecule has 0 bridgehead atoms. The lowest BCUT2D eigenvalue weighted by Gasteiger charge is -2.70. The Balaban J connectivity index is 1.26. The zero-order chi connectivity index (χ0) is 32.8. The average molecular weight is 624 g/mol. The molecule has 0 aromatic rings. The Kier molecular flexibility index (Phi) is 7.45. The third-order valence-corrected chi connectivity index (χ3v) is 14.5. The molecule has 0 aromatic heterocycles. The van der Waals surface area contributed by atoms with Crippen LogP contribution in [0.1, 0.15) is 119 Å². The van der Waals surface area contributed by atoms with Gasteiger partial charge < -0.3 is 14.9 Å². The number of esters is 1. The Morgan fingerprint density at radius 3 is 2.33 bits per heavy atom. The number of amides is 3. The smallest absolute Gasteiger partial charge is 0.337 e. The molecule has 9 heteroatoms. The van der Waals surface area contributed by atoms with Gasteiger partial charge in [0.15, 0.2) is 0 Å². The third-order valence-electron chi connectivity index (χ3n) is 14.5. The van der Waals surface area contributed by atoms with E-state index in [2.05, 4.69) is 70.3 Å². The molecule has 4 saturated carbocycles. The number of oxime groups is 1. The van der Waals surface area contributed by atoms with Crippen LogP contribution in [0.4, 0.5) is 4.79 Å². The first-order valence-electron chi connectivity index (χ1n) is 17.1. The van der Waals surface area contributed by atoms with Crippen LogP contribution in [0.3, 0.4) is 0 Å². The first-order chi connectivity index (χ1) is 20.9. The number of carbonyl (C=O) groups excluding carboxylic acids is 4. The number of hydrogen-bond acceptors (Lipinski definition) is 7. The van der Waals surface area contributed by atoms with Crippen LogP contribution in [0.5, 0.6) is 0 Å². The average Bonchev–Trinajstić information content (AvgIpc) is 3.27. The molecular formula is C36H53N3O6. The quantitative estimate of drug-likeness (QED) is 0.122. The number of urea groups is 1. The molecule has 0 radical (unpaired) electrons. The monoisotopic (exact) mass is 623 g/mol. The van der Waals surface area contributed by atoms with E-state index in [-0.39, 0.29) is 45.4 Å². The minimum absolute atomic E-state index is 0.00768. The van der Waals surface area contributed by atoms with Crippen molar-refractivity contribution in [2.75, 3.05) is 7.11 Å². The summed E-state index contributed by atoms with van der Waals surface area (Å²) in [6, 6.07) is -1.52. The molecule has 1 saturated heterocycles. The molecule has 1 aliphatic heterocycles. The van der Waals surface area contributed by atoms with Gasteiger partial charge in [0.1, 0.15) is 6.04 Å². The fourth-order valence-corrected chi connectivity index (χ4v) is 11.7. The molecule has 45 heavy (non-hydrogen) atoms. The SMILES string of the molecule is COC(=O)[C@]12CCC(C)(C)C[C@@H]1C1=CC[C@H]3[C@@]4(C)CC/C(=N/OC(=O)C[C@@H]5NC(=O)NC5=O)C(C)(C)[C@@H]4CC[C@@]3(C)[C@]1(C)CC2. The summed E-state index contributed by atoms with van der Waals surface area (Å²) in [5.41, 5.74) is 2.17. The van der Waals surface area contributed by atoms with Crippen molar-refractivity contribution < 1.29 is 28.8 Å². The van der Waals surface area contributed by atoms with E-state index in [1.54, 1.807) is 7.11 Å². The van der Waals surface area contributed by atoms with Crippen molar-refractivity contribution in [1.29, 1.82) is 0 Å². The van der Waals surface area contributed by atoms with Crippen molar-refractivity contribution in [1.82, 2.24) is 10.6 Å². The van der Waals surface area contributed by atoms with Crippen LogP contribution in [-0.2, 0) is 24.0 Å². The molecule has 0 aromatic carbocycles. The van der Waals surface area contributed by atoms with Crippen molar-refractivity contribution in [3.8, 4) is 0 Å². The van der Waals surface area contributed by atoms with Crippen LogP contribution in [0, 0.1) is 50.2 Å². The van der Waals surface area contributed by atoms with Gasteiger partial charge in [0.25, 0.3) is 5.91 Å². The van der Waals surface area contributed by atoms with Crippen molar-refractivity contribution in [3.05, 3.63) is 11.6 Å². The lowest BCUT2D eigenvalue weighted by molar-refractivity contribution is -0.181. The van der Waals surface area contributed by atoms with E-state index >= 15 is 0 Å². The van der Waals surface area contributed by atoms with Crippen molar-refractivity contribution >= 4 is 29.6 Å². The summed E-state index contributed by atoms with van der Waals surface area (Å²) in [5, 5.41) is 8.98. The summed E-state index contributed by atoms with van der Waals surface area (Å²) in [4.78, 5) is 54.7. The van der Waals surface area contributed by atoms with E-state index in [0.29, 0.717) is 11.8 Å². The third kappa shape index (κ3) is 4.63. The molecule has 248 valence electrons. The fraction of sp³-hybridized carbons (Fsp3) is 0.806. The summed E-state index contributed by atoms with van der Waals surface area (Å²) in [6.07, 6.45) is 12.2. The molecule has 1 heterocycles. The molecule has 0 spiro atoms. The maximum atomic E-state index is 13.5. The highest BCUT2D eigenvalue weighted by Gasteiger charge is 2.69. The van der Waals surface area contributed by atoms with Gasteiger partial charge in [-0.15, -0.1) is 0 Å². The molecule has 2 N–H and O–H groups in total.